The zero-order valence-electron chi connectivity index (χ0n) is 12.9. The van der Waals surface area contributed by atoms with Crippen molar-refractivity contribution >= 4 is 27.7 Å². The summed E-state index contributed by atoms with van der Waals surface area (Å²) in [6.07, 6.45) is 2.07. The van der Waals surface area contributed by atoms with Gasteiger partial charge in [-0.3, -0.25) is 9.59 Å². The molecule has 1 aliphatic heterocycles. The first-order valence-corrected chi connectivity index (χ1v) is 8.53. The Morgan fingerprint density at radius 1 is 1.35 bits per heavy atom. The first-order chi connectivity index (χ1) is 11.1. The third kappa shape index (κ3) is 5.68. The van der Waals surface area contributed by atoms with E-state index in [0.717, 1.165) is 22.9 Å². The van der Waals surface area contributed by atoms with Crippen LogP contribution in [0.3, 0.4) is 0 Å². The molecule has 1 N–H and O–H groups in total. The zero-order valence-corrected chi connectivity index (χ0v) is 14.5. The Bertz CT molecular complexity index is 604. The number of nitrogens with zero attached hydrogens (tertiary/aromatic N) is 2. The van der Waals surface area contributed by atoms with Crippen LogP contribution in [0.25, 0.3) is 0 Å². The predicted octanol–water partition coefficient (Wildman–Crippen LogP) is 2.26. The lowest BCUT2D eigenvalue weighted by molar-refractivity contribution is -0.131. The number of hydrogen-bond donors (Lipinski definition) is 1. The highest BCUT2D eigenvalue weighted by atomic mass is 79.9. The summed E-state index contributed by atoms with van der Waals surface area (Å²) in [6.45, 7) is 1.99. The van der Waals surface area contributed by atoms with E-state index >= 15 is 0 Å². The molecule has 1 fully saturated rings. The Kier molecular flexibility index (Phi) is 6.60. The van der Waals surface area contributed by atoms with Gasteiger partial charge < -0.3 is 10.2 Å². The van der Waals surface area contributed by atoms with Gasteiger partial charge in [0, 0.05) is 24.1 Å². The standard InChI is InChI=1S/C17H20BrN3O2/c18-15-3-1-2-14(10-15)11-16(22)20-12-13-5-8-21(9-6-13)17(23)4-7-19/h1-3,10,13H,4-6,8-9,11-12H2,(H,20,22). The lowest BCUT2D eigenvalue weighted by Gasteiger charge is -2.31. The molecular weight excluding hydrogens is 358 g/mol. The highest BCUT2D eigenvalue weighted by Gasteiger charge is 2.22. The lowest BCUT2D eigenvalue weighted by atomic mass is 9.96. The first-order valence-electron chi connectivity index (χ1n) is 7.74. The third-order valence-corrected chi connectivity index (χ3v) is 4.53. The molecule has 0 spiro atoms. The van der Waals surface area contributed by atoms with E-state index in [0.29, 0.717) is 32.0 Å². The molecule has 1 aromatic carbocycles. The molecule has 1 saturated heterocycles. The van der Waals surface area contributed by atoms with Crippen LogP contribution in [0.5, 0.6) is 0 Å². The van der Waals surface area contributed by atoms with Crippen LogP contribution in [0, 0.1) is 17.2 Å². The molecule has 0 radical (unpaired) electrons. The molecule has 2 amide bonds. The van der Waals surface area contributed by atoms with Crippen molar-refractivity contribution in [3.8, 4) is 6.07 Å². The van der Waals surface area contributed by atoms with Gasteiger partial charge in [0.05, 0.1) is 12.5 Å². The number of hydrogen-bond acceptors (Lipinski definition) is 3. The lowest BCUT2D eigenvalue weighted by Crippen LogP contribution is -2.41. The van der Waals surface area contributed by atoms with E-state index in [1.165, 1.54) is 0 Å². The average molecular weight is 378 g/mol. The van der Waals surface area contributed by atoms with Crippen molar-refractivity contribution in [3.05, 3.63) is 34.3 Å². The van der Waals surface area contributed by atoms with Gasteiger partial charge in [-0.1, -0.05) is 28.1 Å². The molecule has 6 heteroatoms. The normalized spacial score (nSPS) is 15.0. The van der Waals surface area contributed by atoms with Crippen molar-refractivity contribution in [3.63, 3.8) is 0 Å². The van der Waals surface area contributed by atoms with Crippen molar-refractivity contribution < 1.29 is 9.59 Å². The van der Waals surface area contributed by atoms with E-state index in [1.54, 1.807) is 4.90 Å². The number of carbonyl (C=O) groups excluding carboxylic acids is 2. The largest absolute Gasteiger partial charge is 0.356 e. The SMILES string of the molecule is N#CCC(=O)N1CCC(CNC(=O)Cc2cccc(Br)c2)CC1. The molecule has 0 aliphatic carbocycles. The molecule has 0 aromatic heterocycles. The molecule has 0 atom stereocenters. The minimum atomic E-state index is -0.0929. The fourth-order valence-electron chi connectivity index (χ4n) is 2.72. The Hall–Kier alpha value is -1.87. The van der Waals surface area contributed by atoms with Gasteiger partial charge in [-0.05, 0) is 36.5 Å². The first kappa shape index (κ1) is 17.5. The second-order valence-corrected chi connectivity index (χ2v) is 6.69. The van der Waals surface area contributed by atoms with E-state index in [2.05, 4.69) is 21.2 Å². The molecule has 0 saturated carbocycles. The Labute approximate surface area is 144 Å². The monoisotopic (exact) mass is 377 g/mol. The Morgan fingerprint density at radius 2 is 2.09 bits per heavy atom. The van der Waals surface area contributed by atoms with Gasteiger partial charge in [0.2, 0.25) is 11.8 Å². The quantitative estimate of drug-likeness (QED) is 0.854. The number of benzene rings is 1. The summed E-state index contributed by atoms with van der Waals surface area (Å²) in [7, 11) is 0. The molecule has 23 heavy (non-hydrogen) atoms. The fraction of sp³-hybridized carbons (Fsp3) is 0.471. The summed E-state index contributed by atoms with van der Waals surface area (Å²) >= 11 is 3.40. The topological polar surface area (TPSA) is 73.2 Å². The fourth-order valence-corrected chi connectivity index (χ4v) is 3.17. The number of carbonyl (C=O) groups is 2. The maximum absolute atomic E-state index is 12.0. The van der Waals surface area contributed by atoms with Gasteiger partial charge in [0.15, 0.2) is 0 Å². The van der Waals surface area contributed by atoms with Gasteiger partial charge in [0.1, 0.15) is 6.42 Å². The second-order valence-electron chi connectivity index (χ2n) is 5.77. The van der Waals surface area contributed by atoms with Gasteiger partial charge in [-0.25, -0.2) is 0 Å². The summed E-state index contributed by atoms with van der Waals surface area (Å²) in [5, 5.41) is 11.5. The summed E-state index contributed by atoms with van der Waals surface area (Å²) in [6, 6.07) is 9.62. The van der Waals surface area contributed by atoms with Crippen LogP contribution in [-0.4, -0.2) is 36.3 Å². The smallest absolute Gasteiger partial charge is 0.236 e. The summed E-state index contributed by atoms with van der Waals surface area (Å²) < 4.78 is 0.970. The molecular formula is C17H20BrN3O2. The van der Waals surface area contributed by atoms with Crippen molar-refractivity contribution in [1.82, 2.24) is 10.2 Å². The van der Waals surface area contributed by atoms with E-state index in [9.17, 15) is 9.59 Å². The third-order valence-electron chi connectivity index (χ3n) is 4.04. The predicted molar refractivity (Wildman–Crippen MR) is 90.4 cm³/mol. The van der Waals surface area contributed by atoms with E-state index in [1.807, 2.05) is 30.3 Å². The van der Waals surface area contributed by atoms with Crippen molar-refractivity contribution in [2.75, 3.05) is 19.6 Å². The molecule has 122 valence electrons. The molecule has 1 aliphatic rings. The second kappa shape index (κ2) is 8.68. The summed E-state index contributed by atoms with van der Waals surface area (Å²) in [5.41, 5.74) is 0.980. The van der Waals surface area contributed by atoms with Crippen LogP contribution < -0.4 is 5.32 Å². The number of rotatable bonds is 5. The van der Waals surface area contributed by atoms with E-state index in [4.69, 9.17) is 5.26 Å². The van der Waals surface area contributed by atoms with E-state index < -0.39 is 0 Å². The minimum absolute atomic E-state index is 0.0195. The maximum atomic E-state index is 12.0. The number of amides is 2. The molecule has 2 rings (SSSR count). The highest BCUT2D eigenvalue weighted by Crippen LogP contribution is 2.17. The van der Waals surface area contributed by atoms with Crippen molar-refractivity contribution in [2.24, 2.45) is 5.92 Å². The van der Waals surface area contributed by atoms with Gasteiger partial charge in [-0.2, -0.15) is 5.26 Å². The summed E-state index contributed by atoms with van der Waals surface area (Å²) in [5.74, 6) is 0.323. The zero-order chi connectivity index (χ0) is 16.7. The van der Waals surface area contributed by atoms with Gasteiger partial charge >= 0.3 is 0 Å². The Balaban J connectivity index is 1.70. The molecule has 0 bridgehead atoms. The molecule has 0 unspecified atom stereocenters. The minimum Gasteiger partial charge on any atom is -0.356 e. The van der Waals surface area contributed by atoms with Crippen LogP contribution in [0.1, 0.15) is 24.8 Å². The Morgan fingerprint density at radius 3 is 2.74 bits per heavy atom. The van der Waals surface area contributed by atoms with Gasteiger partial charge in [0.25, 0.3) is 0 Å². The molecule has 1 aromatic rings. The van der Waals surface area contributed by atoms with Crippen LogP contribution in [-0.2, 0) is 16.0 Å². The van der Waals surface area contributed by atoms with Crippen molar-refractivity contribution in [2.45, 2.75) is 25.7 Å². The summed E-state index contributed by atoms with van der Waals surface area (Å²) in [4.78, 5) is 25.4. The van der Waals surface area contributed by atoms with Crippen LogP contribution >= 0.6 is 15.9 Å². The maximum Gasteiger partial charge on any atom is 0.236 e. The highest BCUT2D eigenvalue weighted by molar-refractivity contribution is 9.10. The van der Waals surface area contributed by atoms with Gasteiger partial charge in [-0.15, -0.1) is 0 Å². The van der Waals surface area contributed by atoms with Crippen LogP contribution in [0.15, 0.2) is 28.7 Å². The van der Waals surface area contributed by atoms with Crippen molar-refractivity contribution in [1.29, 1.82) is 5.26 Å². The average Bonchev–Trinajstić information content (AvgIpc) is 2.54. The van der Waals surface area contributed by atoms with Crippen LogP contribution in [0.2, 0.25) is 0 Å². The molecule has 5 nitrogen and oxygen atoms in total. The number of piperidine rings is 1. The van der Waals surface area contributed by atoms with Crippen LogP contribution in [0.4, 0.5) is 0 Å². The number of nitrogens with one attached hydrogen (secondary N) is 1. The number of likely N-dealkylation sites (tertiary alicyclic amines) is 1. The van der Waals surface area contributed by atoms with E-state index in [-0.39, 0.29) is 18.2 Å². The number of nitriles is 1. The molecule has 1 heterocycles. The number of halogens is 1.